The molecule has 2 atom stereocenters. The van der Waals surface area contributed by atoms with Crippen molar-refractivity contribution < 1.29 is 4.74 Å². The third-order valence-electron chi connectivity index (χ3n) is 7.10. The molecule has 0 radical (unpaired) electrons. The van der Waals surface area contributed by atoms with E-state index < -0.39 is 0 Å². The molecule has 1 aromatic heterocycles. The van der Waals surface area contributed by atoms with Crippen molar-refractivity contribution in [1.82, 2.24) is 20.1 Å². The molecule has 4 heterocycles. The van der Waals surface area contributed by atoms with Crippen LogP contribution in [-0.4, -0.2) is 79.3 Å². The molecule has 3 aliphatic rings. The number of benzene rings is 1. The van der Waals surface area contributed by atoms with Crippen molar-refractivity contribution in [3.8, 4) is 0 Å². The van der Waals surface area contributed by atoms with Gasteiger partial charge in [0.1, 0.15) is 5.82 Å². The molecule has 0 amide bonds. The van der Waals surface area contributed by atoms with Crippen LogP contribution in [0, 0.1) is 0 Å². The number of likely N-dealkylation sites (tertiary alicyclic amines) is 1. The van der Waals surface area contributed by atoms with Crippen LogP contribution in [0.3, 0.4) is 0 Å². The maximum Gasteiger partial charge on any atom is 0.194 e. The van der Waals surface area contributed by atoms with Crippen LogP contribution in [0.5, 0.6) is 0 Å². The zero-order chi connectivity index (χ0) is 22.5. The highest BCUT2D eigenvalue weighted by molar-refractivity contribution is 14.0. The van der Waals surface area contributed by atoms with Gasteiger partial charge >= 0.3 is 0 Å². The van der Waals surface area contributed by atoms with Gasteiger partial charge in [0, 0.05) is 59.1 Å². The number of halogens is 1. The van der Waals surface area contributed by atoms with Gasteiger partial charge in [-0.1, -0.05) is 30.3 Å². The van der Waals surface area contributed by atoms with E-state index in [-0.39, 0.29) is 30.1 Å². The topological polar surface area (TPSA) is 56.2 Å². The van der Waals surface area contributed by atoms with Crippen LogP contribution in [0.25, 0.3) is 0 Å². The lowest BCUT2D eigenvalue weighted by molar-refractivity contribution is -0.0502. The highest BCUT2D eigenvalue weighted by Crippen LogP contribution is 2.25. The Hall–Kier alpha value is -1.91. The van der Waals surface area contributed by atoms with Crippen LogP contribution in [0.15, 0.2) is 53.7 Å². The number of morpholine rings is 1. The van der Waals surface area contributed by atoms with E-state index in [1.54, 1.807) is 0 Å². The summed E-state index contributed by atoms with van der Waals surface area (Å²) in [6.45, 7) is 7.54. The van der Waals surface area contributed by atoms with Crippen LogP contribution in [0.1, 0.15) is 30.4 Å². The molecule has 1 N–H and O–H groups in total. The molecule has 3 aliphatic heterocycles. The van der Waals surface area contributed by atoms with E-state index in [4.69, 9.17) is 4.74 Å². The fourth-order valence-corrected chi connectivity index (χ4v) is 5.33. The minimum atomic E-state index is 0. The van der Waals surface area contributed by atoms with Gasteiger partial charge in [-0.15, -0.1) is 24.0 Å². The van der Waals surface area contributed by atoms with Crippen LogP contribution in [-0.2, 0) is 17.8 Å². The van der Waals surface area contributed by atoms with Crippen molar-refractivity contribution in [2.45, 2.75) is 44.5 Å². The average molecular weight is 577 g/mol. The SMILES string of the molecule is CN=C(NCc1ccnc(N2CCCCC2)c1)N1CC2OCCN(Cc3ccccc3)C2C1.I. The first-order valence-electron chi connectivity index (χ1n) is 12.4. The number of guanidine groups is 1. The molecule has 0 spiro atoms. The van der Waals surface area contributed by atoms with Gasteiger partial charge < -0.3 is 19.9 Å². The van der Waals surface area contributed by atoms with Gasteiger partial charge in [-0.3, -0.25) is 9.89 Å². The predicted molar refractivity (Wildman–Crippen MR) is 148 cm³/mol. The molecule has 5 rings (SSSR count). The van der Waals surface area contributed by atoms with Crippen molar-refractivity contribution in [2.75, 3.05) is 51.3 Å². The number of hydrogen-bond acceptors (Lipinski definition) is 5. The normalized spacial score (nSPS) is 23.4. The number of rotatable bonds is 5. The Morgan fingerprint density at radius 1 is 1.06 bits per heavy atom. The van der Waals surface area contributed by atoms with Gasteiger partial charge in [0.05, 0.1) is 18.8 Å². The molecule has 34 heavy (non-hydrogen) atoms. The number of nitrogens with zero attached hydrogens (tertiary/aromatic N) is 5. The maximum atomic E-state index is 6.16. The lowest BCUT2D eigenvalue weighted by atomic mass is 10.1. The molecule has 2 aromatic rings. The van der Waals surface area contributed by atoms with E-state index in [1.807, 2.05) is 13.2 Å². The molecule has 0 aliphatic carbocycles. The molecular weight excluding hydrogens is 539 g/mol. The Morgan fingerprint density at radius 3 is 2.68 bits per heavy atom. The van der Waals surface area contributed by atoms with Crippen molar-refractivity contribution in [2.24, 2.45) is 4.99 Å². The van der Waals surface area contributed by atoms with Crippen molar-refractivity contribution in [3.05, 3.63) is 59.8 Å². The van der Waals surface area contributed by atoms with Gasteiger partial charge in [0.25, 0.3) is 0 Å². The minimum Gasteiger partial charge on any atom is -0.373 e. The van der Waals surface area contributed by atoms with Crippen molar-refractivity contribution in [1.29, 1.82) is 0 Å². The molecule has 8 heteroatoms. The first kappa shape index (κ1) is 25.2. The zero-order valence-corrected chi connectivity index (χ0v) is 22.4. The van der Waals surface area contributed by atoms with Crippen LogP contribution in [0.4, 0.5) is 5.82 Å². The third-order valence-corrected chi connectivity index (χ3v) is 7.10. The molecule has 3 fully saturated rings. The summed E-state index contributed by atoms with van der Waals surface area (Å²) in [5, 5.41) is 3.59. The Morgan fingerprint density at radius 2 is 1.88 bits per heavy atom. The number of piperidine rings is 1. The number of aliphatic imine (C=N–C) groups is 1. The van der Waals surface area contributed by atoms with Crippen LogP contribution in [0.2, 0.25) is 0 Å². The first-order valence-corrected chi connectivity index (χ1v) is 12.4. The number of aromatic nitrogens is 1. The number of pyridine rings is 1. The quantitative estimate of drug-likeness (QED) is 0.335. The Balaban J connectivity index is 0.00000274. The minimum absolute atomic E-state index is 0. The van der Waals surface area contributed by atoms with Gasteiger partial charge in [-0.05, 0) is 42.5 Å². The Kier molecular flexibility index (Phi) is 9.02. The molecular formula is C26H37IN6O. The summed E-state index contributed by atoms with van der Waals surface area (Å²) in [4.78, 5) is 16.5. The molecule has 7 nitrogen and oxygen atoms in total. The number of fused-ring (bicyclic) bond motifs is 1. The van der Waals surface area contributed by atoms with Gasteiger partial charge in [-0.2, -0.15) is 0 Å². The second-order valence-electron chi connectivity index (χ2n) is 9.31. The molecule has 2 unspecified atom stereocenters. The molecule has 3 saturated heterocycles. The number of ether oxygens (including phenoxy) is 1. The third kappa shape index (κ3) is 6.01. The highest BCUT2D eigenvalue weighted by Gasteiger charge is 2.41. The smallest absolute Gasteiger partial charge is 0.194 e. The van der Waals surface area contributed by atoms with E-state index in [9.17, 15) is 0 Å². The molecule has 0 bridgehead atoms. The predicted octanol–water partition coefficient (Wildman–Crippen LogP) is 3.35. The van der Waals surface area contributed by atoms with E-state index in [1.165, 1.54) is 30.4 Å². The standard InChI is InChI=1S/C26H36N6O.HI/c1-27-26(29-17-22-10-11-28-25(16-22)30-12-6-3-7-13-30)32-19-23-24(20-32)33-15-14-31(23)18-21-8-4-2-5-9-21;/h2,4-5,8-11,16,23-24H,3,6-7,12-15,17-20H2,1H3,(H,27,29);1H. The van der Waals surface area contributed by atoms with E-state index in [0.717, 1.165) is 64.2 Å². The van der Waals surface area contributed by atoms with E-state index in [2.05, 4.69) is 72.5 Å². The second kappa shape index (κ2) is 12.2. The summed E-state index contributed by atoms with van der Waals surface area (Å²) in [6.07, 6.45) is 6.02. The fraction of sp³-hybridized carbons (Fsp3) is 0.538. The first-order chi connectivity index (χ1) is 16.3. The van der Waals surface area contributed by atoms with E-state index in [0.29, 0.717) is 6.04 Å². The van der Waals surface area contributed by atoms with Crippen LogP contribution < -0.4 is 10.2 Å². The highest BCUT2D eigenvalue weighted by atomic mass is 127. The van der Waals surface area contributed by atoms with Gasteiger partial charge in [-0.25, -0.2) is 4.98 Å². The monoisotopic (exact) mass is 576 g/mol. The van der Waals surface area contributed by atoms with Crippen molar-refractivity contribution >= 4 is 35.8 Å². The summed E-state index contributed by atoms with van der Waals surface area (Å²) < 4.78 is 6.16. The molecule has 184 valence electrons. The maximum absolute atomic E-state index is 6.16. The van der Waals surface area contributed by atoms with Gasteiger partial charge in [0.15, 0.2) is 5.96 Å². The number of nitrogens with one attached hydrogen (secondary N) is 1. The average Bonchev–Trinajstić information content (AvgIpc) is 3.31. The van der Waals surface area contributed by atoms with E-state index >= 15 is 0 Å². The number of anilines is 1. The lowest BCUT2D eigenvalue weighted by Gasteiger charge is -2.36. The largest absolute Gasteiger partial charge is 0.373 e. The van der Waals surface area contributed by atoms with Crippen LogP contribution >= 0.6 is 24.0 Å². The lowest BCUT2D eigenvalue weighted by Crippen LogP contribution is -2.50. The molecule has 1 aromatic carbocycles. The van der Waals surface area contributed by atoms with Gasteiger partial charge in [0.2, 0.25) is 0 Å². The fourth-order valence-electron chi connectivity index (χ4n) is 5.33. The summed E-state index contributed by atoms with van der Waals surface area (Å²) in [7, 11) is 1.87. The molecule has 0 saturated carbocycles. The summed E-state index contributed by atoms with van der Waals surface area (Å²) in [6, 6.07) is 15.5. The second-order valence-corrected chi connectivity index (χ2v) is 9.31. The Labute approximate surface area is 220 Å². The number of hydrogen-bond donors (Lipinski definition) is 1. The Bertz CT molecular complexity index is 936. The zero-order valence-electron chi connectivity index (χ0n) is 20.1. The summed E-state index contributed by atoms with van der Waals surface area (Å²) >= 11 is 0. The summed E-state index contributed by atoms with van der Waals surface area (Å²) in [5.41, 5.74) is 2.60. The van der Waals surface area contributed by atoms with Crippen molar-refractivity contribution in [3.63, 3.8) is 0 Å². The summed E-state index contributed by atoms with van der Waals surface area (Å²) in [5.74, 6) is 2.05.